The zero-order chi connectivity index (χ0) is 28.8. The summed E-state index contributed by atoms with van der Waals surface area (Å²) in [4.78, 5) is 44.0. The highest BCUT2D eigenvalue weighted by Crippen LogP contribution is 2.69. The Hall–Kier alpha value is -2.55. The van der Waals surface area contributed by atoms with Gasteiger partial charge in [-0.15, -0.1) is 11.8 Å². The molecule has 7 atom stereocenters. The van der Waals surface area contributed by atoms with Crippen LogP contribution in [0.5, 0.6) is 0 Å². The molecule has 2 aromatic rings. The lowest BCUT2D eigenvalue weighted by atomic mass is 9.66. The molecule has 0 saturated carbocycles. The first-order valence-corrected chi connectivity index (χ1v) is 15.3. The van der Waals surface area contributed by atoms with Gasteiger partial charge in [-0.25, -0.2) is 0 Å². The fourth-order valence-corrected chi connectivity index (χ4v) is 9.83. The standard InChI is InChI=1S/C31H38ClN3O4S/c1-17(2)13-21(16-36)35-27(29(38)34-26-18(3)9-8-12-22(26)32)31-19(4)14-23(40-31)24(25(31)30(35)39)28(37)33-15-20-10-6-5-7-11-20/h5-12,17,19,21,23-25,27,36H,13-16H2,1-4H3,(H,33,37)(H,34,38)/t19?,21-,23-,24+,25+,27?,31?/m1/s1. The van der Waals surface area contributed by atoms with Crippen LogP contribution in [0, 0.1) is 30.6 Å². The first-order valence-electron chi connectivity index (χ1n) is 14.1. The Kier molecular flexibility index (Phi) is 8.24. The number of nitrogens with zero attached hydrogens (tertiary/aromatic N) is 1. The molecule has 0 radical (unpaired) electrons. The Labute approximate surface area is 245 Å². The Morgan fingerprint density at radius 2 is 1.88 bits per heavy atom. The lowest BCUT2D eigenvalue weighted by Gasteiger charge is -2.40. The average Bonchev–Trinajstić information content (AvgIpc) is 3.52. The molecule has 0 aliphatic carbocycles. The molecule has 3 fully saturated rings. The first-order chi connectivity index (χ1) is 19.1. The third kappa shape index (κ3) is 4.82. The molecule has 9 heteroatoms. The summed E-state index contributed by atoms with van der Waals surface area (Å²) in [5.41, 5.74) is 2.33. The maximum absolute atomic E-state index is 14.4. The second-order valence-corrected chi connectivity index (χ2v) is 13.8. The van der Waals surface area contributed by atoms with E-state index in [1.54, 1.807) is 22.7 Å². The van der Waals surface area contributed by atoms with Crippen LogP contribution in [0.2, 0.25) is 5.02 Å². The van der Waals surface area contributed by atoms with Crippen LogP contribution in [0.4, 0.5) is 5.69 Å². The summed E-state index contributed by atoms with van der Waals surface area (Å²) in [6, 6.07) is 13.8. The quantitative estimate of drug-likeness (QED) is 0.399. The van der Waals surface area contributed by atoms with Crippen molar-refractivity contribution in [3.05, 3.63) is 64.7 Å². The van der Waals surface area contributed by atoms with Gasteiger partial charge < -0.3 is 20.6 Å². The summed E-state index contributed by atoms with van der Waals surface area (Å²) in [7, 11) is 0. The number of para-hydroxylation sites is 1. The number of rotatable bonds is 9. The van der Waals surface area contributed by atoms with Gasteiger partial charge in [0.05, 0.1) is 39.9 Å². The molecule has 3 saturated heterocycles. The van der Waals surface area contributed by atoms with Gasteiger partial charge in [0, 0.05) is 11.8 Å². The molecule has 3 amide bonds. The van der Waals surface area contributed by atoms with Crippen molar-refractivity contribution in [1.29, 1.82) is 0 Å². The number of hydrogen-bond acceptors (Lipinski definition) is 5. The van der Waals surface area contributed by atoms with Crippen LogP contribution in [0.1, 0.15) is 44.7 Å². The van der Waals surface area contributed by atoms with Crippen LogP contribution in [0.15, 0.2) is 48.5 Å². The minimum Gasteiger partial charge on any atom is -0.394 e. The molecule has 214 valence electrons. The number of nitrogens with one attached hydrogen (secondary N) is 2. The van der Waals surface area contributed by atoms with Crippen LogP contribution >= 0.6 is 23.4 Å². The molecule has 0 aromatic heterocycles. The third-order valence-electron chi connectivity index (χ3n) is 8.86. The predicted octanol–water partition coefficient (Wildman–Crippen LogP) is 4.65. The molecule has 7 nitrogen and oxygen atoms in total. The van der Waals surface area contributed by atoms with Crippen molar-refractivity contribution in [2.45, 2.75) is 69.2 Å². The average molecular weight is 584 g/mol. The number of carbonyl (C=O) groups is 3. The molecule has 2 bridgehead atoms. The normalized spacial score (nSPS) is 29.5. The van der Waals surface area contributed by atoms with Gasteiger partial charge in [0.2, 0.25) is 17.7 Å². The number of halogens is 1. The van der Waals surface area contributed by atoms with Crippen LogP contribution < -0.4 is 10.6 Å². The maximum Gasteiger partial charge on any atom is 0.248 e. The van der Waals surface area contributed by atoms with Crippen LogP contribution in [-0.2, 0) is 20.9 Å². The monoisotopic (exact) mass is 583 g/mol. The molecule has 3 N–H and O–H groups in total. The number of hydrogen-bond donors (Lipinski definition) is 3. The first kappa shape index (κ1) is 29.0. The van der Waals surface area contributed by atoms with Crippen molar-refractivity contribution in [1.82, 2.24) is 10.2 Å². The van der Waals surface area contributed by atoms with Crippen molar-refractivity contribution in [2.24, 2.45) is 23.7 Å². The number of carbonyl (C=O) groups excluding carboxylic acids is 3. The molecular formula is C31H38ClN3O4S. The van der Waals surface area contributed by atoms with E-state index >= 15 is 0 Å². The molecule has 2 aromatic carbocycles. The van der Waals surface area contributed by atoms with E-state index in [4.69, 9.17) is 11.6 Å². The van der Waals surface area contributed by atoms with Gasteiger partial charge in [-0.1, -0.05) is 74.8 Å². The van der Waals surface area contributed by atoms with Crippen LogP contribution in [-0.4, -0.2) is 56.4 Å². The Morgan fingerprint density at radius 3 is 2.52 bits per heavy atom. The predicted molar refractivity (Wildman–Crippen MR) is 159 cm³/mol. The molecule has 3 unspecified atom stereocenters. The van der Waals surface area contributed by atoms with Crippen molar-refractivity contribution in [3.8, 4) is 0 Å². The summed E-state index contributed by atoms with van der Waals surface area (Å²) < 4.78 is -0.778. The lowest BCUT2D eigenvalue weighted by molar-refractivity contribution is -0.142. The molecular weight excluding hydrogens is 546 g/mol. The highest BCUT2D eigenvalue weighted by Gasteiger charge is 2.76. The fourth-order valence-electron chi connectivity index (χ4n) is 7.16. The summed E-state index contributed by atoms with van der Waals surface area (Å²) in [6.45, 7) is 8.16. The highest BCUT2D eigenvalue weighted by atomic mass is 35.5. The molecule has 3 heterocycles. The van der Waals surface area contributed by atoms with Crippen LogP contribution in [0.3, 0.4) is 0 Å². The number of fused-ring (bicyclic) bond motifs is 1. The Morgan fingerprint density at radius 1 is 1.15 bits per heavy atom. The number of benzene rings is 2. The number of aryl methyl sites for hydroxylation is 1. The Balaban J connectivity index is 1.52. The van der Waals surface area contributed by atoms with Gasteiger partial charge in [-0.05, 0) is 48.8 Å². The van der Waals surface area contributed by atoms with Gasteiger partial charge in [0.1, 0.15) is 6.04 Å². The van der Waals surface area contributed by atoms with Gasteiger partial charge in [-0.2, -0.15) is 0 Å². The topological polar surface area (TPSA) is 98.7 Å². The fraction of sp³-hybridized carbons (Fsp3) is 0.516. The number of thioether (sulfide) groups is 1. The second kappa shape index (κ2) is 11.4. The number of likely N-dealkylation sites (tertiary alicyclic amines) is 1. The second-order valence-electron chi connectivity index (χ2n) is 11.9. The number of aliphatic hydroxyl groups is 1. The summed E-state index contributed by atoms with van der Waals surface area (Å²) in [5.74, 6) is -1.65. The number of amides is 3. The summed E-state index contributed by atoms with van der Waals surface area (Å²) in [6.07, 6.45) is 1.29. The van der Waals surface area contributed by atoms with Crippen molar-refractivity contribution >= 4 is 46.8 Å². The van der Waals surface area contributed by atoms with Gasteiger partial charge in [-0.3, -0.25) is 14.4 Å². The summed E-state index contributed by atoms with van der Waals surface area (Å²) in [5, 5.41) is 17.0. The smallest absolute Gasteiger partial charge is 0.248 e. The van der Waals surface area contributed by atoms with E-state index in [0.717, 1.165) is 17.5 Å². The summed E-state index contributed by atoms with van der Waals surface area (Å²) >= 11 is 8.10. The van der Waals surface area contributed by atoms with Crippen molar-refractivity contribution in [2.75, 3.05) is 11.9 Å². The number of anilines is 1. The van der Waals surface area contributed by atoms with Gasteiger partial charge in [0.25, 0.3) is 0 Å². The Bertz CT molecular complexity index is 1270. The van der Waals surface area contributed by atoms with E-state index in [1.807, 2.05) is 63.2 Å². The van der Waals surface area contributed by atoms with E-state index < -0.39 is 28.7 Å². The zero-order valence-electron chi connectivity index (χ0n) is 23.4. The maximum atomic E-state index is 14.4. The van der Waals surface area contributed by atoms with Crippen LogP contribution in [0.25, 0.3) is 0 Å². The van der Waals surface area contributed by atoms with Gasteiger partial charge in [0.15, 0.2) is 0 Å². The SMILES string of the molecule is Cc1cccc(Cl)c1NC(=O)C1N([C@@H](CO)CC(C)C)C(=O)[C@@H]2[C@@H](C(=O)NCc3ccccc3)[C@H]3CC(C)C12S3. The van der Waals surface area contributed by atoms with E-state index in [0.29, 0.717) is 23.7 Å². The minimum atomic E-state index is -0.839. The highest BCUT2D eigenvalue weighted by molar-refractivity contribution is 8.02. The van der Waals surface area contributed by atoms with E-state index in [1.165, 1.54) is 0 Å². The molecule has 3 aliphatic rings. The van der Waals surface area contributed by atoms with Crippen molar-refractivity contribution in [3.63, 3.8) is 0 Å². The molecule has 40 heavy (non-hydrogen) atoms. The largest absolute Gasteiger partial charge is 0.394 e. The van der Waals surface area contributed by atoms with E-state index in [9.17, 15) is 19.5 Å². The minimum absolute atomic E-state index is 0.0288. The molecule has 5 rings (SSSR count). The van der Waals surface area contributed by atoms with Gasteiger partial charge >= 0.3 is 0 Å². The third-order valence-corrected chi connectivity index (χ3v) is 11.3. The van der Waals surface area contributed by atoms with E-state index in [2.05, 4.69) is 17.6 Å². The lowest BCUT2D eigenvalue weighted by Crippen LogP contribution is -2.57. The molecule has 3 aliphatic heterocycles. The molecule has 1 spiro atoms. The number of aliphatic hydroxyl groups excluding tert-OH is 1. The van der Waals surface area contributed by atoms with Crippen molar-refractivity contribution < 1.29 is 19.5 Å². The zero-order valence-corrected chi connectivity index (χ0v) is 25.0. The van der Waals surface area contributed by atoms with E-state index in [-0.39, 0.29) is 41.4 Å².